The van der Waals surface area contributed by atoms with E-state index in [9.17, 15) is 4.79 Å². The Hall–Kier alpha value is -2.37. The highest BCUT2D eigenvalue weighted by atomic mass is 16.5. The van der Waals surface area contributed by atoms with Crippen molar-refractivity contribution in [3.63, 3.8) is 0 Å². The average molecular weight is 341 g/mol. The molecule has 0 spiro atoms. The lowest BCUT2D eigenvalue weighted by Crippen LogP contribution is -2.38. The zero-order valence-electron chi connectivity index (χ0n) is 14.3. The van der Waals surface area contributed by atoms with Gasteiger partial charge in [0.1, 0.15) is 5.75 Å². The lowest BCUT2D eigenvalue weighted by atomic mass is 10.1. The Morgan fingerprint density at radius 2 is 2.08 bits per heavy atom. The quantitative estimate of drug-likeness (QED) is 0.774. The van der Waals surface area contributed by atoms with Crippen molar-refractivity contribution in [2.75, 3.05) is 13.2 Å². The van der Waals surface area contributed by atoms with Crippen molar-refractivity contribution in [1.82, 2.24) is 15.0 Å². The Labute approximate surface area is 147 Å². The van der Waals surface area contributed by atoms with E-state index in [4.69, 9.17) is 9.26 Å². The van der Waals surface area contributed by atoms with Gasteiger partial charge in [-0.25, -0.2) is 0 Å². The predicted octanol–water partition coefficient (Wildman–Crippen LogP) is 2.95. The minimum Gasteiger partial charge on any atom is -0.484 e. The second kappa shape index (κ2) is 7.25. The Morgan fingerprint density at radius 3 is 2.88 bits per heavy atom. The summed E-state index contributed by atoms with van der Waals surface area (Å²) in [6, 6.07) is 9.70. The van der Waals surface area contributed by atoms with Crippen LogP contribution >= 0.6 is 0 Å². The standard InChI is InChI=1S/C19H23N3O3/c23-18(13-24-16-6-2-1-3-7-16)22-12-4-5-15(22)10-11-17-20-19(25-21-17)14-8-9-14/h1-3,6-7,14-15H,4-5,8-13H2. The molecule has 0 radical (unpaired) electrons. The Kier molecular flexibility index (Phi) is 4.68. The van der Waals surface area contributed by atoms with Gasteiger partial charge in [0.05, 0.1) is 0 Å². The van der Waals surface area contributed by atoms with E-state index >= 15 is 0 Å². The third-order valence-electron chi connectivity index (χ3n) is 4.91. The molecule has 1 aromatic carbocycles. The number of aryl methyl sites for hydroxylation is 1. The molecular formula is C19H23N3O3. The van der Waals surface area contributed by atoms with Crippen molar-refractivity contribution in [3.05, 3.63) is 42.0 Å². The smallest absolute Gasteiger partial charge is 0.260 e. The molecule has 6 heteroatoms. The third-order valence-corrected chi connectivity index (χ3v) is 4.91. The molecule has 6 nitrogen and oxygen atoms in total. The van der Waals surface area contributed by atoms with Crippen molar-refractivity contribution in [3.8, 4) is 5.75 Å². The summed E-state index contributed by atoms with van der Waals surface area (Å²) in [5.74, 6) is 2.82. The van der Waals surface area contributed by atoms with E-state index in [2.05, 4.69) is 10.1 Å². The van der Waals surface area contributed by atoms with Crippen LogP contribution < -0.4 is 4.74 Å². The maximum Gasteiger partial charge on any atom is 0.260 e. The first-order valence-corrected chi connectivity index (χ1v) is 9.09. The van der Waals surface area contributed by atoms with Crippen LogP contribution in [0.3, 0.4) is 0 Å². The van der Waals surface area contributed by atoms with E-state index < -0.39 is 0 Å². The fourth-order valence-corrected chi connectivity index (χ4v) is 3.37. The van der Waals surface area contributed by atoms with Crippen molar-refractivity contribution in [1.29, 1.82) is 0 Å². The number of para-hydroxylation sites is 1. The van der Waals surface area contributed by atoms with Gasteiger partial charge in [0.25, 0.3) is 5.91 Å². The lowest BCUT2D eigenvalue weighted by molar-refractivity contribution is -0.134. The molecule has 1 aliphatic heterocycles. The summed E-state index contributed by atoms with van der Waals surface area (Å²) < 4.78 is 10.9. The molecule has 25 heavy (non-hydrogen) atoms. The van der Waals surface area contributed by atoms with Crippen LogP contribution in [0, 0.1) is 0 Å². The number of likely N-dealkylation sites (tertiary alicyclic amines) is 1. The van der Waals surface area contributed by atoms with Gasteiger partial charge >= 0.3 is 0 Å². The fourth-order valence-electron chi connectivity index (χ4n) is 3.37. The highest BCUT2D eigenvalue weighted by Gasteiger charge is 2.31. The summed E-state index contributed by atoms with van der Waals surface area (Å²) in [7, 11) is 0. The van der Waals surface area contributed by atoms with Gasteiger partial charge in [0.2, 0.25) is 5.89 Å². The molecule has 0 N–H and O–H groups in total. The number of benzene rings is 1. The molecule has 1 saturated carbocycles. The second-order valence-electron chi connectivity index (χ2n) is 6.85. The SMILES string of the molecule is O=C(COc1ccccc1)N1CCCC1CCc1noc(C2CC2)n1. The number of carbonyl (C=O) groups excluding carboxylic acids is 1. The first-order valence-electron chi connectivity index (χ1n) is 9.09. The average Bonchev–Trinajstić information content (AvgIpc) is 3.20. The first-order chi connectivity index (χ1) is 12.3. The topological polar surface area (TPSA) is 68.5 Å². The zero-order chi connectivity index (χ0) is 17.1. The first kappa shape index (κ1) is 16.1. The number of ether oxygens (including phenoxy) is 1. The number of rotatable bonds is 7. The Morgan fingerprint density at radius 1 is 1.24 bits per heavy atom. The maximum absolute atomic E-state index is 12.5. The van der Waals surface area contributed by atoms with Crippen LogP contribution in [0.15, 0.2) is 34.9 Å². The van der Waals surface area contributed by atoms with E-state index in [1.807, 2.05) is 35.2 Å². The summed E-state index contributed by atoms with van der Waals surface area (Å²) >= 11 is 0. The molecule has 2 aliphatic rings. The fraction of sp³-hybridized carbons (Fsp3) is 0.526. The highest BCUT2D eigenvalue weighted by Crippen LogP contribution is 2.38. The molecule has 1 atom stereocenters. The molecule has 1 aromatic heterocycles. The lowest BCUT2D eigenvalue weighted by Gasteiger charge is -2.24. The summed E-state index contributed by atoms with van der Waals surface area (Å²) in [5, 5.41) is 4.07. The van der Waals surface area contributed by atoms with Crippen LogP contribution in [-0.4, -0.2) is 40.1 Å². The Balaban J connectivity index is 1.28. The minimum absolute atomic E-state index is 0.0538. The largest absolute Gasteiger partial charge is 0.484 e. The van der Waals surface area contributed by atoms with E-state index in [0.717, 1.165) is 62.5 Å². The summed E-state index contributed by atoms with van der Waals surface area (Å²) in [5.41, 5.74) is 0. The number of hydrogen-bond donors (Lipinski definition) is 0. The maximum atomic E-state index is 12.5. The number of carbonyl (C=O) groups is 1. The molecule has 2 heterocycles. The van der Waals surface area contributed by atoms with Crippen molar-refractivity contribution < 1.29 is 14.1 Å². The van der Waals surface area contributed by atoms with E-state index in [-0.39, 0.29) is 18.6 Å². The van der Waals surface area contributed by atoms with Crippen LogP contribution in [-0.2, 0) is 11.2 Å². The zero-order valence-corrected chi connectivity index (χ0v) is 14.3. The number of aromatic nitrogens is 2. The molecule has 1 aliphatic carbocycles. The van der Waals surface area contributed by atoms with Gasteiger partial charge < -0.3 is 14.2 Å². The van der Waals surface area contributed by atoms with E-state index in [1.54, 1.807) is 0 Å². The van der Waals surface area contributed by atoms with Crippen LogP contribution in [0.1, 0.15) is 49.7 Å². The molecular weight excluding hydrogens is 318 g/mol. The molecule has 0 bridgehead atoms. The number of amides is 1. The van der Waals surface area contributed by atoms with Gasteiger partial charge in [-0.2, -0.15) is 4.98 Å². The molecule has 132 valence electrons. The van der Waals surface area contributed by atoms with Crippen molar-refractivity contribution in [2.24, 2.45) is 0 Å². The van der Waals surface area contributed by atoms with Gasteiger partial charge in [-0.1, -0.05) is 23.4 Å². The summed E-state index contributed by atoms with van der Waals surface area (Å²) in [6.45, 7) is 0.899. The van der Waals surface area contributed by atoms with Crippen LogP contribution in [0.5, 0.6) is 5.75 Å². The monoisotopic (exact) mass is 341 g/mol. The molecule has 2 fully saturated rings. The molecule has 1 saturated heterocycles. The second-order valence-corrected chi connectivity index (χ2v) is 6.85. The predicted molar refractivity (Wildman–Crippen MR) is 91.3 cm³/mol. The normalized spacial score (nSPS) is 20.0. The van der Waals surface area contributed by atoms with E-state index in [1.165, 1.54) is 0 Å². The number of hydrogen-bond acceptors (Lipinski definition) is 5. The Bertz CT molecular complexity index is 712. The summed E-state index contributed by atoms with van der Waals surface area (Å²) in [4.78, 5) is 18.9. The minimum atomic E-state index is 0.0538. The van der Waals surface area contributed by atoms with Crippen molar-refractivity contribution >= 4 is 5.91 Å². The highest BCUT2D eigenvalue weighted by molar-refractivity contribution is 5.78. The van der Waals surface area contributed by atoms with Gasteiger partial charge in [-0.05, 0) is 44.2 Å². The molecule has 1 unspecified atom stereocenters. The van der Waals surface area contributed by atoms with Gasteiger partial charge in [0.15, 0.2) is 12.4 Å². The van der Waals surface area contributed by atoms with Crippen LogP contribution in [0.2, 0.25) is 0 Å². The molecule has 2 aromatic rings. The van der Waals surface area contributed by atoms with Crippen LogP contribution in [0.25, 0.3) is 0 Å². The van der Waals surface area contributed by atoms with Gasteiger partial charge in [-0.3, -0.25) is 4.79 Å². The van der Waals surface area contributed by atoms with Gasteiger partial charge in [-0.15, -0.1) is 0 Å². The van der Waals surface area contributed by atoms with Crippen LogP contribution in [0.4, 0.5) is 0 Å². The summed E-state index contributed by atoms with van der Waals surface area (Å²) in [6.07, 6.45) is 6.03. The van der Waals surface area contributed by atoms with Gasteiger partial charge in [0, 0.05) is 24.9 Å². The molecule has 1 amide bonds. The number of nitrogens with zero attached hydrogens (tertiary/aromatic N) is 3. The van der Waals surface area contributed by atoms with E-state index in [0.29, 0.717) is 5.92 Å². The van der Waals surface area contributed by atoms with Crippen molar-refractivity contribution in [2.45, 2.75) is 50.5 Å². The third kappa shape index (κ3) is 4.00. The molecule has 4 rings (SSSR count).